The highest BCUT2D eigenvalue weighted by atomic mass is 35.5. The Morgan fingerprint density at radius 2 is 1.78 bits per heavy atom. The number of halogens is 1. The molecule has 2 nitrogen and oxygen atoms in total. The van der Waals surface area contributed by atoms with Crippen LogP contribution in [0.3, 0.4) is 0 Å². The average molecular weight is 283 g/mol. The molecule has 2 atom stereocenters. The molecule has 98 valence electrons. The molecule has 0 amide bonds. The summed E-state index contributed by atoms with van der Waals surface area (Å²) in [4.78, 5) is 2.27. The minimum Gasteiger partial charge on any atom is -0.348 e. The summed E-state index contributed by atoms with van der Waals surface area (Å²) < 4.78 is 0. The van der Waals surface area contributed by atoms with E-state index in [1.807, 2.05) is 24.3 Å². The monoisotopic (exact) mass is 282 g/mol. The summed E-state index contributed by atoms with van der Waals surface area (Å²) in [5.41, 5.74) is 0.996. The Morgan fingerprint density at radius 3 is 2.33 bits per heavy atom. The van der Waals surface area contributed by atoms with Crippen LogP contribution in [0.15, 0.2) is 24.3 Å². The van der Waals surface area contributed by atoms with E-state index in [4.69, 9.17) is 23.8 Å². The van der Waals surface area contributed by atoms with Crippen LogP contribution in [0.4, 0.5) is 5.69 Å². The third kappa shape index (κ3) is 3.59. The highest BCUT2D eigenvalue weighted by Gasteiger charge is 2.23. The van der Waals surface area contributed by atoms with Crippen molar-refractivity contribution >= 4 is 34.6 Å². The zero-order valence-corrected chi connectivity index (χ0v) is 12.4. The van der Waals surface area contributed by atoms with E-state index in [0.717, 1.165) is 28.9 Å². The van der Waals surface area contributed by atoms with Crippen LogP contribution in [0.1, 0.15) is 20.3 Å². The van der Waals surface area contributed by atoms with Crippen molar-refractivity contribution in [2.45, 2.75) is 20.3 Å². The van der Waals surface area contributed by atoms with Crippen molar-refractivity contribution in [1.82, 2.24) is 4.90 Å². The molecule has 0 aliphatic carbocycles. The molecule has 1 saturated heterocycles. The highest BCUT2D eigenvalue weighted by molar-refractivity contribution is 7.80. The fraction of sp³-hybridized carbons (Fsp3) is 0.500. The van der Waals surface area contributed by atoms with Crippen LogP contribution in [0.25, 0.3) is 0 Å². The number of hydrogen-bond acceptors (Lipinski definition) is 1. The predicted molar refractivity (Wildman–Crippen MR) is 82.2 cm³/mol. The summed E-state index contributed by atoms with van der Waals surface area (Å²) in [7, 11) is 0. The van der Waals surface area contributed by atoms with Gasteiger partial charge in [0.1, 0.15) is 0 Å². The standard InChI is InChI=1S/C14H19ClN2S/c1-10-7-11(2)9-17(8-10)14(18)16-13-5-3-12(15)4-6-13/h3-6,10-11H,7-9H2,1-2H3,(H,16,18)/t10-,11-/m1/s1. The lowest BCUT2D eigenvalue weighted by atomic mass is 9.92. The van der Waals surface area contributed by atoms with Gasteiger partial charge in [-0.3, -0.25) is 0 Å². The normalized spacial score (nSPS) is 23.8. The molecule has 0 spiro atoms. The maximum absolute atomic E-state index is 5.86. The Hall–Kier alpha value is -0.800. The zero-order valence-electron chi connectivity index (χ0n) is 10.8. The lowest BCUT2D eigenvalue weighted by Gasteiger charge is -2.36. The Morgan fingerprint density at radius 1 is 1.22 bits per heavy atom. The van der Waals surface area contributed by atoms with Crippen LogP contribution in [0, 0.1) is 11.8 Å². The van der Waals surface area contributed by atoms with Gasteiger partial charge < -0.3 is 10.2 Å². The van der Waals surface area contributed by atoms with Gasteiger partial charge in [0.05, 0.1) is 0 Å². The van der Waals surface area contributed by atoms with E-state index in [2.05, 4.69) is 24.1 Å². The fourth-order valence-corrected chi connectivity index (χ4v) is 2.96. The summed E-state index contributed by atoms with van der Waals surface area (Å²) in [6.45, 7) is 6.66. The van der Waals surface area contributed by atoms with E-state index in [-0.39, 0.29) is 0 Å². The molecule has 4 heteroatoms. The SMILES string of the molecule is C[C@@H]1C[C@@H](C)CN(C(=S)Nc2ccc(Cl)cc2)C1. The van der Waals surface area contributed by atoms with Crippen molar-refractivity contribution in [3.05, 3.63) is 29.3 Å². The summed E-state index contributed by atoms with van der Waals surface area (Å²) in [5, 5.41) is 4.84. The minimum atomic E-state index is 0.707. The molecular weight excluding hydrogens is 264 g/mol. The van der Waals surface area contributed by atoms with Crippen LogP contribution in [0.2, 0.25) is 5.02 Å². The van der Waals surface area contributed by atoms with E-state index in [1.54, 1.807) is 0 Å². The van der Waals surface area contributed by atoms with Crippen molar-refractivity contribution in [2.75, 3.05) is 18.4 Å². The number of anilines is 1. The molecule has 1 heterocycles. The average Bonchev–Trinajstić information content (AvgIpc) is 2.31. The molecule has 2 rings (SSSR count). The number of nitrogens with zero attached hydrogens (tertiary/aromatic N) is 1. The quantitative estimate of drug-likeness (QED) is 0.784. The van der Waals surface area contributed by atoms with Gasteiger partial charge in [0.25, 0.3) is 0 Å². The van der Waals surface area contributed by atoms with Gasteiger partial charge in [0, 0.05) is 23.8 Å². The molecule has 1 aliphatic rings. The molecule has 0 radical (unpaired) electrons. The highest BCUT2D eigenvalue weighted by Crippen LogP contribution is 2.22. The van der Waals surface area contributed by atoms with Crippen molar-refractivity contribution in [3.63, 3.8) is 0 Å². The van der Waals surface area contributed by atoms with E-state index in [0.29, 0.717) is 11.8 Å². The molecule has 0 bridgehead atoms. The first-order valence-corrected chi connectivity index (χ1v) is 7.14. The number of likely N-dealkylation sites (tertiary alicyclic amines) is 1. The second-order valence-corrected chi connectivity index (χ2v) is 6.11. The van der Waals surface area contributed by atoms with Crippen LogP contribution < -0.4 is 5.32 Å². The first kappa shape index (κ1) is 13.6. The Bertz CT molecular complexity index is 408. The second kappa shape index (κ2) is 5.89. The van der Waals surface area contributed by atoms with Crippen molar-refractivity contribution in [1.29, 1.82) is 0 Å². The third-order valence-corrected chi connectivity index (χ3v) is 3.86. The van der Waals surface area contributed by atoms with Crippen LogP contribution >= 0.6 is 23.8 Å². The lowest BCUT2D eigenvalue weighted by Crippen LogP contribution is -2.44. The Kier molecular flexibility index (Phi) is 4.46. The van der Waals surface area contributed by atoms with Gasteiger partial charge in [-0.25, -0.2) is 0 Å². The molecule has 1 aliphatic heterocycles. The smallest absolute Gasteiger partial charge is 0.173 e. The number of rotatable bonds is 1. The maximum Gasteiger partial charge on any atom is 0.173 e. The summed E-state index contributed by atoms with van der Waals surface area (Å²) in [6.07, 6.45) is 1.29. The number of nitrogens with one attached hydrogen (secondary N) is 1. The van der Waals surface area contributed by atoms with Crippen molar-refractivity contribution in [3.8, 4) is 0 Å². The van der Waals surface area contributed by atoms with Crippen LogP contribution in [-0.2, 0) is 0 Å². The van der Waals surface area contributed by atoms with E-state index < -0.39 is 0 Å². The van der Waals surface area contributed by atoms with Gasteiger partial charge in [-0.2, -0.15) is 0 Å². The molecule has 1 N–H and O–H groups in total. The van der Waals surface area contributed by atoms with E-state index in [1.165, 1.54) is 6.42 Å². The third-order valence-electron chi connectivity index (χ3n) is 3.25. The molecule has 0 unspecified atom stereocenters. The molecule has 1 fully saturated rings. The minimum absolute atomic E-state index is 0.707. The van der Waals surface area contributed by atoms with Crippen LogP contribution in [-0.4, -0.2) is 23.1 Å². The fourth-order valence-electron chi connectivity index (χ4n) is 2.56. The largest absolute Gasteiger partial charge is 0.348 e. The molecular formula is C14H19ClN2S. The zero-order chi connectivity index (χ0) is 13.1. The van der Waals surface area contributed by atoms with Gasteiger partial charge in [0.2, 0.25) is 0 Å². The summed E-state index contributed by atoms with van der Waals surface area (Å²) >= 11 is 11.3. The van der Waals surface area contributed by atoms with Gasteiger partial charge in [0.15, 0.2) is 5.11 Å². The van der Waals surface area contributed by atoms with E-state index in [9.17, 15) is 0 Å². The first-order valence-electron chi connectivity index (χ1n) is 6.36. The maximum atomic E-state index is 5.86. The Balaban J connectivity index is 1.97. The van der Waals surface area contributed by atoms with Gasteiger partial charge in [-0.1, -0.05) is 25.4 Å². The number of benzene rings is 1. The first-order chi connectivity index (χ1) is 8.54. The number of thiocarbonyl (C=S) groups is 1. The van der Waals surface area contributed by atoms with E-state index >= 15 is 0 Å². The lowest BCUT2D eigenvalue weighted by molar-refractivity contribution is 0.216. The molecule has 0 saturated carbocycles. The van der Waals surface area contributed by atoms with Gasteiger partial charge in [-0.05, 0) is 54.7 Å². The van der Waals surface area contributed by atoms with Crippen molar-refractivity contribution in [2.24, 2.45) is 11.8 Å². The van der Waals surface area contributed by atoms with Gasteiger partial charge in [-0.15, -0.1) is 0 Å². The summed E-state index contributed by atoms with van der Waals surface area (Å²) in [6, 6.07) is 7.64. The Labute approximate surface area is 119 Å². The van der Waals surface area contributed by atoms with Crippen molar-refractivity contribution < 1.29 is 0 Å². The molecule has 1 aromatic rings. The number of hydrogen-bond donors (Lipinski definition) is 1. The molecule has 18 heavy (non-hydrogen) atoms. The molecule has 0 aromatic heterocycles. The second-order valence-electron chi connectivity index (χ2n) is 5.29. The number of piperidine rings is 1. The summed E-state index contributed by atoms with van der Waals surface area (Å²) in [5.74, 6) is 1.41. The van der Waals surface area contributed by atoms with Gasteiger partial charge >= 0.3 is 0 Å². The van der Waals surface area contributed by atoms with Crippen LogP contribution in [0.5, 0.6) is 0 Å². The topological polar surface area (TPSA) is 15.3 Å². The predicted octanol–water partition coefficient (Wildman–Crippen LogP) is 4.01. The molecule has 1 aromatic carbocycles.